The minimum absolute atomic E-state index is 0.0296. The Labute approximate surface area is 158 Å². The molecule has 26 heavy (non-hydrogen) atoms. The van der Waals surface area contributed by atoms with Crippen LogP contribution in [0.15, 0.2) is 29.6 Å². The van der Waals surface area contributed by atoms with Gasteiger partial charge in [0.05, 0.1) is 23.2 Å². The highest BCUT2D eigenvalue weighted by molar-refractivity contribution is 7.09. The first-order chi connectivity index (χ1) is 12.6. The number of hydrogen-bond acceptors (Lipinski definition) is 5. The van der Waals surface area contributed by atoms with Gasteiger partial charge in [-0.2, -0.15) is 0 Å². The molecule has 2 heterocycles. The van der Waals surface area contributed by atoms with Crippen molar-refractivity contribution in [3.05, 3.63) is 40.2 Å². The summed E-state index contributed by atoms with van der Waals surface area (Å²) >= 11 is 1.65. The quantitative estimate of drug-likeness (QED) is 0.749. The first-order valence-electron chi connectivity index (χ1n) is 9.13. The highest BCUT2D eigenvalue weighted by Crippen LogP contribution is 2.24. The smallest absolute Gasteiger partial charge is 0.310 e. The SMILES string of the molecule is CCOC(=O)C1CCCN(C(=O)c2ccc(-c3csc(CC)n3)cc2)C1. The van der Waals surface area contributed by atoms with Crippen molar-refractivity contribution in [2.45, 2.75) is 33.1 Å². The Bertz CT molecular complexity index is 770. The van der Waals surface area contributed by atoms with Crippen molar-refractivity contribution < 1.29 is 14.3 Å². The molecule has 0 aliphatic carbocycles. The van der Waals surface area contributed by atoms with Gasteiger partial charge in [0.2, 0.25) is 0 Å². The number of likely N-dealkylation sites (tertiary alicyclic amines) is 1. The van der Waals surface area contributed by atoms with Crippen LogP contribution in [0.3, 0.4) is 0 Å². The van der Waals surface area contributed by atoms with Gasteiger partial charge in [-0.1, -0.05) is 19.1 Å². The van der Waals surface area contributed by atoms with Gasteiger partial charge in [-0.15, -0.1) is 11.3 Å². The van der Waals surface area contributed by atoms with Crippen molar-refractivity contribution in [3.8, 4) is 11.3 Å². The molecule has 1 aliphatic rings. The third kappa shape index (κ3) is 4.12. The molecule has 3 rings (SSSR count). The van der Waals surface area contributed by atoms with Crippen LogP contribution in [0.1, 0.15) is 42.1 Å². The number of ether oxygens (including phenoxy) is 1. The average molecular weight is 372 g/mol. The maximum Gasteiger partial charge on any atom is 0.310 e. The third-order valence-electron chi connectivity index (χ3n) is 4.61. The van der Waals surface area contributed by atoms with E-state index in [0.717, 1.165) is 35.5 Å². The van der Waals surface area contributed by atoms with Crippen molar-refractivity contribution in [1.82, 2.24) is 9.88 Å². The van der Waals surface area contributed by atoms with Crippen LogP contribution in [-0.4, -0.2) is 41.5 Å². The summed E-state index contributed by atoms with van der Waals surface area (Å²) < 4.78 is 5.11. The number of aromatic nitrogens is 1. The molecule has 1 aromatic carbocycles. The van der Waals surface area contributed by atoms with Crippen LogP contribution in [0.5, 0.6) is 0 Å². The molecule has 0 radical (unpaired) electrons. The summed E-state index contributed by atoms with van der Waals surface area (Å²) in [4.78, 5) is 31.1. The number of carbonyl (C=O) groups excluding carboxylic acids is 2. The van der Waals surface area contributed by atoms with Gasteiger partial charge in [0.1, 0.15) is 0 Å². The molecule has 0 bridgehead atoms. The zero-order valence-corrected chi connectivity index (χ0v) is 16.1. The predicted molar refractivity (Wildman–Crippen MR) is 102 cm³/mol. The summed E-state index contributed by atoms with van der Waals surface area (Å²) in [6.45, 7) is 5.39. The molecular weight excluding hydrogens is 348 g/mol. The van der Waals surface area contributed by atoms with Crippen LogP contribution in [0.4, 0.5) is 0 Å². The average Bonchev–Trinajstić information content (AvgIpc) is 3.17. The van der Waals surface area contributed by atoms with E-state index in [2.05, 4.69) is 11.9 Å². The largest absolute Gasteiger partial charge is 0.466 e. The zero-order valence-electron chi connectivity index (χ0n) is 15.2. The Hall–Kier alpha value is -2.21. The summed E-state index contributed by atoms with van der Waals surface area (Å²) in [6, 6.07) is 7.57. The monoisotopic (exact) mass is 372 g/mol. The maximum atomic E-state index is 12.8. The highest BCUT2D eigenvalue weighted by Gasteiger charge is 2.29. The van der Waals surface area contributed by atoms with Crippen molar-refractivity contribution in [2.24, 2.45) is 5.92 Å². The first-order valence-corrected chi connectivity index (χ1v) is 10.0. The Balaban J connectivity index is 1.68. The molecule has 6 heteroatoms. The second-order valence-corrected chi connectivity index (χ2v) is 7.34. The zero-order chi connectivity index (χ0) is 18.5. The fraction of sp³-hybridized carbons (Fsp3) is 0.450. The summed E-state index contributed by atoms with van der Waals surface area (Å²) in [5, 5.41) is 3.16. The van der Waals surface area contributed by atoms with Gasteiger partial charge in [-0.05, 0) is 38.3 Å². The molecule has 0 N–H and O–H groups in total. The van der Waals surface area contributed by atoms with E-state index in [1.165, 1.54) is 0 Å². The van der Waals surface area contributed by atoms with Crippen LogP contribution < -0.4 is 0 Å². The second kappa shape index (κ2) is 8.45. The van der Waals surface area contributed by atoms with Crippen LogP contribution in [0.25, 0.3) is 11.3 Å². The number of piperidine rings is 1. The molecule has 1 unspecified atom stereocenters. The topological polar surface area (TPSA) is 59.5 Å². The van der Waals surface area contributed by atoms with E-state index in [4.69, 9.17) is 4.74 Å². The Morgan fingerprint density at radius 2 is 2.04 bits per heavy atom. The molecule has 1 atom stereocenters. The predicted octanol–water partition coefficient (Wildman–Crippen LogP) is 3.79. The molecule has 138 valence electrons. The van der Waals surface area contributed by atoms with Crippen molar-refractivity contribution >= 4 is 23.2 Å². The molecular formula is C20H24N2O3S. The Morgan fingerprint density at radius 1 is 1.27 bits per heavy atom. The number of esters is 1. The van der Waals surface area contributed by atoms with E-state index in [1.807, 2.05) is 29.6 Å². The molecule has 1 aromatic heterocycles. The Kier molecular flexibility index (Phi) is 6.04. The van der Waals surface area contributed by atoms with Gasteiger partial charge in [0, 0.05) is 29.6 Å². The lowest BCUT2D eigenvalue weighted by Crippen LogP contribution is -2.42. The van der Waals surface area contributed by atoms with Gasteiger partial charge < -0.3 is 9.64 Å². The number of amides is 1. The lowest BCUT2D eigenvalue weighted by atomic mass is 9.97. The van der Waals surface area contributed by atoms with E-state index in [0.29, 0.717) is 25.3 Å². The number of rotatable bonds is 5. The lowest BCUT2D eigenvalue weighted by Gasteiger charge is -2.31. The highest BCUT2D eigenvalue weighted by atomic mass is 32.1. The molecule has 1 aliphatic heterocycles. The maximum absolute atomic E-state index is 12.8. The number of hydrogen-bond donors (Lipinski definition) is 0. The van der Waals surface area contributed by atoms with Gasteiger partial charge in [0.25, 0.3) is 5.91 Å². The summed E-state index contributed by atoms with van der Waals surface area (Å²) in [5.41, 5.74) is 2.61. The first kappa shape index (κ1) is 18.6. The number of thiazole rings is 1. The number of benzene rings is 1. The van der Waals surface area contributed by atoms with Crippen LogP contribution in [-0.2, 0) is 16.0 Å². The summed E-state index contributed by atoms with van der Waals surface area (Å²) in [7, 11) is 0. The van der Waals surface area contributed by atoms with E-state index < -0.39 is 0 Å². The van der Waals surface area contributed by atoms with E-state index in [-0.39, 0.29) is 17.8 Å². The molecule has 5 nitrogen and oxygen atoms in total. The van der Waals surface area contributed by atoms with E-state index >= 15 is 0 Å². The van der Waals surface area contributed by atoms with Crippen molar-refractivity contribution in [1.29, 1.82) is 0 Å². The summed E-state index contributed by atoms with van der Waals surface area (Å²) in [5.74, 6) is -0.442. The standard InChI is InChI=1S/C20H24N2O3S/c1-3-18-21-17(13-26-18)14-7-9-15(10-8-14)19(23)22-11-5-6-16(12-22)20(24)25-4-2/h7-10,13,16H,3-6,11-12H2,1-2H3. The van der Waals surface area contributed by atoms with Crippen molar-refractivity contribution in [3.63, 3.8) is 0 Å². The lowest BCUT2D eigenvalue weighted by molar-refractivity contribution is -0.149. The second-order valence-electron chi connectivity index (χ2n) is 6.40. The van der Waals surface area contributed by atoms with Gasteiger partial charge in [-0.25, -0.2) is 4.98 Å². The fourth-order valence-corrected chi connectivity index (χ4v) is 3.94. The van der Waals surface area contributed by atoms with E-state index in [9.17, 15) is 9.59 Å². The minimum Gasteiger partial charge on any atom is -0.466 e. The molecule has 1 fully saturated rings. The molecule has 0 spiro atoms. The fourth-order valence-electron chi connectivity index (χ4n) is 3.19. The molecule has 2 aromatic rings. The third-order valence-corrected chi connectivity index (χ3v) is 5.60. The van der Waals surface area contributed by atoms with Crippen LogP contribution in [0.2, 0.25) is 0 Å². The van der Waals surface area contributed by atoms with Gasteiger partial charge in [0.15, 0.2) is 0 Å². The Morgan fingerprint density at radius 3 is 2.69 bits per heavy atom. The normalized spacial score (nSPS) is 17.2. The van der Waals surface area contributed by atoms with Crippen LogP contribution in [0, 0.1) is 5.92 Å². The number of aryl methyl sites for hydroxylation is 1. The molecule has 1 amide bonds. The van der Waals surface area contributed by atoms with Crippen molar-refractivity contribution in [2.75, 3.05) is 19.7 Å². The van der Waals surface area contributed by atoms with E-state index in [1.54, 1.807) is 23.2 Å². The van der Waals surface area contributed by atoms with Crippen LogP contribution >= 0.6 is 11.3 Å². The minimum atomic E-state index is -0.214. The molecule has 0 saturated carbocycles. The summed E-state index contributed by atoms with van der Waals surface area (Å²) in [6.07, 6.45) is 2.54. The molecule has 1 saturated heterocycles. The van der Waals surface area contributed by atoms with Gasteiger partial charge >= 0.3 is 5.97 Å². The number of carbonyl (C=O) groups is 2. The number of nitrogens with zero attached hydrogens (tertiary/aromatic N) is 2. The van der Waals surface area contributed by atoms with Gasteiger partial charge in [-0.3, -0.25) is 9.59 Å².